The molecule has 4 fully saturated rings. The zero-order chi connectivity index (χ0) is 10.6. The second-order valence-corrected chi connectivity index (χ2v) is 6.72. The minimum atomic E-state index is 0.146. The van der Waals surface area contributed by atoms with Gasteiger partial charge in [0.15, 0.2) is 0 Å². The maximum Gasteiger partial charge on any atom is 0.217 e. The Bertz CT molecular complexity index is 293. The summed E-state index contributed by atoms with van der Waals surface area (Å²) in [6, 6.07) is 0.458. The Morgan fingerprint density at radius 3 is 2.67 bits per heavy atom. The molecule has 15 heavy (non-hydrogen) atoms. The van der Waals surface area contributed by atoms with Gasteiger partial charge in [0.25, 0.3) is 0 Å². The minimum absolute atomic E-state index is 0.146. The van der Waals surface area contributed by atoms with Crippen LogP contribution in [0.3, 0.4) is 0 Å². The van der Waals surface area contributed by atoms with E-state index in [0.717, 1.165) is 17.8 Å². The van der Waals surface area contributed by atoms with Gasteiger partial charge in [-0.3, -0.25) is 4.79 Å². The number of amides is 1. The molecular formula is C12H18BrNO. The highest BCUT2D eigenvalue weighted by molar-refractivity contribution is 9.09. The van der Waals surface area contributed by atoms with Crippen LogP contribution in [0, 0.1) is 23.7 Å². The summed E-state index contributed by atoms with van der Waals surface area (Å²) in [5, 5.41) is 3.19. The number of halogens is 1. The summed E-state index contributed by atoms with van der Waals surface area (Å²) in [5.41, 5.74) is 0. The van der Waals surface area contributed by atoms with Gasteiger partial charge < -0.3 is 5.32 Å². The molecule has 6 atom stereocenters. The van der Waals surface area contributed by atoms with Gasteiger partial charge in [0, 0.05) is 17.8 Å². The molecule has 1 N–H and O–H groups in total. The van der Waals surface area contributed by atoms with E-state index in [4.69, 9.17) is 0 Å². The fourth-order valence-electron chi connectivity index (χ4n) is 4.30. The maximum absolute atomic E-state index is 11.2. The second-order valence-electron chi connectivity index (χ2n) is 5.66. The van der Waals surface area contributed by atoms with Gasteiger partial charge in [-0.15, -0.1) is 0 Å². The predicted molar refractivity (Wildman–Crippen MR) is 62.7 cm³/mol. The lowest BCUT2D eigenvalue weighted by Crippen LogP contribution is -2.59. The van der Waals surface area contributed by atoms with Crippen LogP contribution in [0.15, 0.2) is 0 Å². The number of rotatable bonds is 1. The van der Waals surface area contributed by atoms with Crippen molar-refractivity contribution in [3.05, 3.63) is 0 Å². The lowest BCUT2D eigenvalue weighted by atomic mass is 9.54. The van der Waals surface area contributed by atoms with Gasteiger partial charge in [-0.2, -0.15) is 0 Å². The van der Waals surface area contributed by atoms with Crippen LogP contribution in [-0.4, -0.2) is 16.8 Å². The average Bonchev–Trinajstić information content (AvgIpc) is 2.18. The van der Waals surface area contributed by atoms with E-state index in [2.05, 4.69) is 21.2 Å². The number of hydrogen-bond donors (Lipinski definition) is 1. The normalized spacial score (nSPS) is 51.9. The van der Waals surface area contributed by atoms with Crippen molar-refractivity contribution >= 4 is 21.8 Å². The summed E-state index contributed by atoms with van der Waals surface area (Å²) < 4.78 is 0. The third kappa shape index (κ3) is 1.54. The third-order valence-electron chi connectivity index (χ3n) is 4.68. The Balaban J connectivity index is 1.82. The Hall–Kier alpha value is -0.0500. The van der Waals surface area contributed by atoms with E-state index < -0.39 is 0 Å². The zero-order valence-electron chi connectivity index (χ0n) is 9.08. The standard InChI is InChI=1S/C12H18BrNO/c1-6(15)14-12-9-3-7-2-8(5-9)11(13)10(12)4-7/h7-12H,2-5H2,1H3,(H,14,15)/t7?,8?,9?,10?,11-,12+/m1/s1. The molecule has 0 spiro atoms. The highest BCUT2D eigenvalue weighted by atomic mass is 79.9. The fourth-order valence-corrected chi connectivity index (χ4v) is 5.27. The second kappa shape index (κ2) is 3.47. The van der Waals surface area contributed by atoms with Crippen molar-refractivity contribution in [2.24, 2.45) is 23.7 Å². The van der Waals surface area contributed by atoms with Crippen LogP contribution in [0.4, 0.5) is 0 Å². The van der Waals surface area contributed by atoms with Gasteiger partial charge in [0.2, 0.25) is 5.91 Å². The maximum atomic E-state index is 11.2. The molecular weight excluding hydrogens is 254 g/mol. The first-order valence-electron chi connectivity index (χ1n) is 6.06. The number of alkyl halides is 1. The van der Waals surface area contributed by atoms with E-state index in [1.54, 1.807) is 6.92 Å². The fraction of sp³-hybridized carbons (Fsp3) is 0.917. The van der Waals surface area contributed by atoms with Gasteiger partial charge in [-0.1, -0.05) is 15.9 Å². The largest absolute Gasteiger partial charge is 0.353 e. The number of carbonyl (C=O) groups excluding carboxylic acids is 1. The molecule has 0 saturated heterocycles. The van der Waals surface area contributed by atoms with Crippen molar-refractivity contribution in [2.45, 2.75) is 43.5 Å². The van der Waals surface area contributed by atoms with E-state index >= 15 is 0 Å². The Kier molecular flexibility index (Phi) is 2.35. The highest BCUT2D eigenvalue weighted by Gasteiger charge is 2.52. The molecule has 4 aliphatic carbocycles. The summed E-state index contributed by atoms with van der Waals surface area (Å²) in [4.78, 5) is 11.9. The Labute approximate surface area is 99.3 Å². The van der Waals surface area contributed by atoms with Crippen molar-refractivity contribution in [1.29, 1.82) is 0 Å². The highest BCUT2D eigenvalue weighted by Crippen LogP contribution is 2.55. The lowest BCUT2D eigenvalue weighted by molar-refractivity contribution is -0.122. The number of carbonyl (C=O) groups is 1. The molecule has 4 bridgehead atoms. The van der Waals surface area contributed by atoms with Crippen LogP contribution < -0.4 is 5.32 Å². The molecule has 4 unspecified atom stereocenters. The Morgan fingerprint density at radius 1 is 1.20 bits per heavy atom. The number of nitrogens with one attached hydrogen (secondary N) is 1. The molecule has 0 radical (unpaired) electrons. The van der Waals surface area contributed by atoms with Crippen LogP contribution in [-0.2, 0) is 4.79 Å². The smallest absolute Gasteiger partial charge is 0.217 e. The molecule has 1 amide bonds. The lowest BCUT2D eigenvalue weighted by Gasteiger charge is -2.56. The summed E-state index contributed by atoms with van der Waals surface area (Å²) >= 11 is 3.86. The van der Waals surface area contributed by atoms with Gasteiger partial charge in [0.1, 0.15) is 0 Å². The molecule has 0 aromatic rings. The SMILES string of the molecule is CC(=O)N[C@H]1C2CC3CC(C2)[C@@H](Br)C1C3. The van der Waals surface area contributed by atoms with Gasteiger partial charge in [-0.05, 0) is 49.4 Å². The van der Waals surface area contributed by atoms with Crippen molar-refractivity contribution in [2.75, 3.05) is 0 Å². The molecule has 0 aliphatic heterocycles. The first-order valence-corrected chi connectivity index (χ1v) is 6.98. The molecule has 0 aromatic heterocycles. The molecule has 4 aliphatic rings. The molecule has 4 rings (SSSR count). The topological polar surface area (TPSA) is 29.1 Å². The van der Waals surface area contributed by atoms with Crippen LogP contribution in [0.1, 0.15) is 32.6 Å². The van der Waals surface area contributed by atoms with E-state index in [1.165, 1.54) is 25.7 Å². The Morgan fingerprint density at radius 2 is 1.93 bits per heavy atom. The molecule has 3 heteroatoms. The predicted octanol–water partition coefficient (Wildman–Crippen LogP) is 2.32. The summed E-state index contributed by atoms with van der Waals surface area (Å²) in [6.45, 7) is 1.65. The first-order chi connectivity index (χ1) is 7.15. The average molecular weight is 272 g/mol. The third-order valence-corrected chi connectivity index (χ3v) is 6.11. The molecule has 84 valence electrons. The van der Waals surface area contributed by atoms with Crippen LogP contribution in [0.5, 0.6) is 0 Å². The summed E-state index contributed by atoms with van der Waals surface area (Å²) in [7, 11) is 0. The monoisotopic (exact) mass is 271 g/mol. The van der Waals surface area contributed by atoms with Crippen LogP contribution >= 0.6 is 15.9 Å². The quantitative estimate of drug-likeness (QED) is 0.729. The summed E-state index contributed by atoms with van der Waals surface area (Å²) in [5.74, 6) is 3.46. The van der Waals surface area contributed by atoms with Gasteiger partial charge in [0.05, 0.1) is 0 Å². The number of hydrogen-bond acceptors (Lipinski definition) is 1. The van der Waals surface area contributed by atoms with Crippen LogP contribution in [0.25, 0.3) is 0 Å². The van der Waals surface area contributed by atoms with Gasteiger partial charge in [-0.25, -0.2) is 0 Å². The zero-order valence-corrected chi connectivity index (χ0v) is 10.7. The minimum Gasteiger partial charge on any atom is -0.353 e. The molecule has 0 aromatic carbocycles. The molecule has 0 heterocycles. The van der Waals surface area contributed by atoms with Gasteiger partial charge >= 0.3 is 0 Å². The van der Waals surface area contributed by atoms with Crippen molar-refractivity contribution in [3.8, 4) is 0 Å². The van der Waals surface area contributed by atoms with E-state index in [0.29, 0.717) is 16.8 Å². The van der Waals surface area contributed by atoms with E-state index in [1.807, 2.05) is 0 Å². The van der Waals surface area contributed by atoms with Crippen molar-refractivity contribution < 1.29 is 4.79 Å². The van der Waals surface area contributed by atoms with Crippen molar-refractivity contribution in [3.63, 3.8) is 0 Å². The molecule has 4 saturated carbocycles. The van der Waals surface area contributed by atoms with E-state index in [-0.39, 0.29) is 5.91 Å². The summed E-state index contributed by atoms with van der Waals surface area (Å²) in [6.07, 6.45) is 5.44. The van der Waals surface area contributed by atoms with Crippen LogP contribution in [0.2, 0.25) is 0 Å². The first kappa shape index (κ1) is 10.1. The molecule has 2 nitrogen and oxygen atoms in total. The van der Waals surface area contributed by atoms with E-state index in [9.17, 15) is 4.79 Å². The van der Waals surface area contributed by atoms with Crippen molar-refractivity contribution in [1.82, 2.24) is 5.32 Å².